The van der Waals surface area contributed by atoms with Crippen LogP contribution in [0.4, 0.5) is 4.39 Å². The van der Waals surface area contributed by atoms with Gasteiger partial charge < -0.3 is 0 Å². The molecule has 0 saturated carbocycles. The molecule has 2 aromatic carbocycles. The Balaban J connectivity index is 1.93. The normalized spacial score (nSPS) is 16.1. The van der Waals surface area contributed by atoms with Gasteiger partial charge in [-0.05, 0) is 41.8 Å². The molecule has 0 radical (unpaired) electrons. The van der Waals surface area contributed by atoms with E-state index >= 15 is 0 Å². The molecule has 0 N–H and O–H groups in total. The van der Waals surface area contributed by atoms with Crippen molar-refractivity contribution < 1.29 is 9.18 Å². The Labute approximate surface area is 127 Å². The predicted octanol–water partition coefficient (Wildman–Crippen LogP) is 4.76. The average molecular weight is 298 g/mol. The predicted molar refractivity (Wildman–Crippen MR) is 85.3 cm³/mol. The van der Waals surface area contributed by atoms with Crippen molar-refractivity contribution >= 4 is 23.6 Å². The number of ketones is 1. The van der Waals surface area contributed by atoms with Gasteiger partial charge in [-0.3, -0.25) is 4.79 Å². The van der Waals surface area contributed by atoms with Gasteiger partial charge in [0.2, 0.25) is 0 Å². The smallest absolute Gasteiger partial charge is 0.191 e. The Morgan fingerprint density at radius 1 is 1.19 bits per heavy atom. The van der Waals surface area contributed by atoms with Crippen molar-refractivity contribution in [3.63, 3.8) is 0 Å². The third kappa shape index (κ3) is 2.93. The van der Waals surface area contributed by atoms with Crippen LogP contribution in [0.3, 0.4) is 0 Å². The fraction of sp³-hybridized carbons (Fsp3) is 0.167. The maximum absolute atomic E-state index is 13.3. The number of benzene rings is 2. The van der Waals surface area contributed by atoms with Crippen LogP contribution < -0.4 is 0 Å². The molecule has 0 aromatic heterocycles. The van der Waals surface area contributed by atoms with E-state index in [0.717, 1.165) is 22.5 Å². The van der Waals surface area contributed by atoms with Crippen molar-refractivity contribution in [2.24, 2.45) is 0 Å². The minimum absolute atomic E-state index is 0.0668. The number of thioether (sulfide) groups is 1. The summed E-state index contributed by atoms with van der Waals surface area (Å²) in [5.74, 6) is 0.201. The number of carbonyl (C=O) groups excluding carboxylic acids is 1. The number of carbonyl (C=O) groups is 1. The van der Waals surface area contributed by atoms with Gasteiger partial charge in [0.15, 0.2) is 5.78 Å². The third-order valence-corrected chi connectivity index (χ3v) is 4.71. The van der Waals surface area contributed by atoms with Gasteiger partial charge in [0, 0.05) is 21.8 Å². The van der Waals surface area contributed by atoms with Crippen molar-refractivity contribution in [2.75, 3.05) is 5.75 Å². The minimum Gasteiger partial charge on any atom is -0.289 e. The summed E-state index contributed by atoms with van der Waals surface area (Å²) in [5.41, 5.74) is 3.48. The maximum Gasteiger partial charge on any atom is 0.191 e. The van der Waals surface area contributed by atoms with Gasteiger partial charge in [-0.15, -0.1) is 11.8 Å². The van der Waals surface area contributed by atoms with E-state index in [2.05, 4.69) is 19.1 Å². The molecule has 0 spiro atoms. The van der Waals surface area contributed by atoms with Crippen molar-refractivity contribution in [1.82, 2.24) is 0 Å². The molecule has 0 amide bonds. The molecule has 1 heterocycles. The third-order valence-electron chi connectivity index (χ3n) is 3.59. The summed E-state index contributed by atoms with van der Waals surface area (Å²) < 4.78 is 13.3. The van der Waals surface area contributed by atoms with Gasteiger partial charge in [0.05, 0.1) is 0 Å². The molecule has 1 aliphatic rings. The van der Waals surface area contributed by atoms with Crippen LogP contribution in [0.2, 0.25) is 0 Å². The minimum atomic E-state index is -0.365. The summed E-state index contributed by atoms with van der Waals surface area (Å²) in [4.78, 5) is 13.3. The summed E-state index contributed by atoms with van der Waals surface area (Å²) in [6.45, 7) is 2.11. The van der Waals surface area contributed by atoms with E-state index in [1.165, 1.54) is 17.7 Å². The van der Waals surface area contributed by atoms with E-state index in [1.807, 2.05) is 18.2 Å². The second-order valence-electron chi connectivity index (χ2n) is 5.02. The first-order valence-corrected chi connectivity index (χ1v) is 7.92. The van der Waals surface area contributed by atoms with E-state index in [9.17, 15) is 9.18 Å². The highest BCUT2D eigenvalue weighted by atomic mass is 32.2. The highest BCUT2D eigenvalue weighted by Crippen LogP contribution is 2.33. The molecule has 106 valence electrons. The van der Waals surface area contributed by atoms with Crippen LogP contribution in [0.15, 0.2) is 52.9 Å². The molecule has 1 aliphatic heterocycles. The van der Waals surface area contributed by atoms with Crippen molar-refractivity contribution in [3.05, 3.63) is 70.5 Å². The molecule has 3 heteroatoms. The molecule has 0 bridgehead atoms. The molecule has 21 heavy (non-hydrogen) atoms. The maximum atomic E-state index is 13.3. The van der Waals surface area contributed by atoms with Crippen LogP contribution in [0.5, 0.6) is 0 Å². The van der Waals surface area contributed by atoms with Crippen LogP contribution in [0.1, 0.15) is 28.4 Å². The number of hydrogen-bond acceptors (Lipinski definition) is 2. The molecule has 0 aliphatic carbocycles. The van der Waals surface area contributed by atoms with Gasteiger partial charge in [-0.1, -0.05) is 31.2 Å². The van der Waals surface area contributed by atoms with E-state index < -0.39 is 0 Å². The van der Waals surface area contributed by atoms with Crippen LogP contribution in [0, 0.1) is 5.82 Å². The van der Waals surface area contributed by atoms with Crippen molar-refractivity contribution in [2.45, 2.75) is 18.2 Å². The van der Waals surface area contributed by atoms with Crippen LogP contribution in [-0.2, 0) is 6.42 Å². The van der Waals surface area contributed by atoms with Gasteiger partial charge in [0.1, 0.15) is 5.82 Å². The largest absolute Gasteiger partial charge is 0.289 e. The quantitative estimate of drug-likeness (QED) is 0.744. The highest BCUT2D eigenvalue weighted by Gasteiger charge is 2.22. The second-order valence-corrected chi connectivity index (χ2v) is 6.04. The van der Waals surface area contributed by atoms with E-state index in [-0.39, 0.29) is 11.6 Å². The molecular weight excluding hydrogens is 283 g/mol. The summed E-state index contributed by atoms with van der Waals surface area (Å²) >= 11 is 1.58. The van der Waals surface area contributed by atoms with Crippen LogP contribution >= 0.6 is 11.8 Å². The Bertz CT molecular complexity index is 716. The summed E-state index contributed by atoms with van der Waals surface area (Å²) in [7, 11) is 0. The molecular formula is C18H15FOS. The summed E-state index contributed by atoms with van der Waals surface area (Å²) in [6.07, 6.45) is 2.90. The zero-order valence-electron chi connectivity index (χ0n) is 11.7. The monoisotopic (exact) mass is 298 g/mol. The number of halogens is 1. The summed E-state index contributed by atoms with van der Waals surface area (Å²) in [6, 6.07) is 12.6. The van der Waals surface area contributed by atoms with Gasteiger partial charge in [0.25, 0.3) is 0 Å². The van der Waals surface area contributed by atoms with Crippen LogP contribution in [0.25, 0.3) is 6.08 Å². The Morgan fingerprint density at radius 3 is 2.67 bits per heavy atom. The number of aryl methyl sites for hydroxylation is 1. The molecule has 0 unspecified atom stereocenters. The molecule has 3 rings (SSSR count). The van der Waals surface area contributed by atoms with Gasteiger partial charge in [-0.2, -0.15) is 0 Å². The van der Waals surface area contributed by atoms with Crippen molar-refractivity contribution in [1.29, 1.82) is 0 Å². The lowest BCUT2D eigenvalue weighted by atomic mass is 10.0. The Morgan fingerprint density at radius 2 is 1.95 bits per heavy atom. The topological polar surface area (TPSA) is 17.1 Å². The van der Waals surface area contributed by atoms with Gasteiger partial charge >= 0.3 is 0 Å². The molecule has 0 saturated heterocycles. The Kier molecular flexibility index (Phi) is 3.93. The van der Waals surface area contributed by atoms with Gasteiger partial charge in [-0.25, -0.2) is 4.39 Å². The number of fused-ring (bicyclic) bond motifs is 1. The number of rotatable bonds is 2. The Hall–Kier alpha value is -1.87. The molecule has 0 atom stereocenters. The number of hydrogen-bond donors (Lipinski definition) is 0. The first-order valence-electron chi connectivity index (χ1n) is 6.94. The lowest BCUT2D eigenvalue weighted by molar-refractivity contribution is 0.103. The standard InChI is InChI=1S/C18H15FOS/c1-2-12-3-5-13(6-4-12)9-14-11-21-17-8-7-15(19)10-16(17)18(14)20/h3-10H,2,11H2,1H3/b14-9+. The first kappa shape index (κ1) is 14.1. The van der Waals surface area contributed by atoms with E-state index in [4.69, 9.17) is 0 Å². The molecule has 1 nitrogen and oxygen atoms in total. The fourth-order valence-electron chi connectivity index (χ4n) is 2.36. The lowest BCUT2D eigenvalue weighted by Gasteiger charge is -2.17. The van der Waals surface area contributed by atoms with E-state index in [1.54, 1.807) is 17.8 Å². The molecule has 2 aromatic rings. The fourth-order valence-corrected chi connectivity index (χ4v) is 3.35. The number of Topliss-reactive ketones (excluding diaryl/α,β-unsaturated/α-hetero) is 1. The zero-order valence-corrected chi connectivity index (χ0v) is 12.5. The van der Waals surface area contributed by atoms with E-state index in [0.29, 0.717) is 11.3 Å². The average Bonchev–Trinajstić information content (AvgIpc) is 2.51. The highest BCUT2D eigenvalue weighted by molar-refractivity contribution is 7.99. The van der Waals surface area contributed by atoms with Crippen molar-refractivity contribution in [3.8, 4) is 0 Å². The molecule has 0 fully saturated rings. The SMILES string of the molecule is CCc1ccc(/C=C2\CSc3ccc(F)cc3C2=O)cc1. The lowest BCUT2D eigenvalue weighted by Crippen LogP contribution is -2.12. The zero-order chi connectivity index (χ0) is 14.8. The summed E-state index contributed by atoms with van der Waals surface area (Å²) in [5, 5.41) is 0. The van der Waals surface area contributed by atoms with Crippen LogP contribution in [-0.4, -0.2) is 11.5 Å². The second kappa shape index (κ2) is 5.86. The first-order chi connectivity index (χ1) is 10.2.